The van der Waals surface area contributed by atoms with Gasteiger partial charge in [0.15, 0.2) is 0 Å². The largest absolute Gasteiger partial charge is 0.534 e. The van der Waals surface area contributed by atoms with E-state index in [1.54, 1.807) is 13.0 Å². The summed E-state index contributed by atoms with van der Waals surface area (Å²) in [5.41, 5.74) is -5.80. The second-order valence-corrected chi connectivity index (χ2v) is 7.26. The minimum Gasteiger partial charge on any atom is -0.376 e. The van der Waals surface area contributed by atoms with Crippen molar-refractivity contribution in [1.82, 2.24) is 0 Å². The molecule has 0 N–H and O–H groups in total. The highest BCUT2D eigenvalue weighted by molar-refractivity contribution is 7.88. The molecule has 0 aliphatic carbocycles. The highest BCUT2D eigenvalue weighted by atomic mass is 32.2. The molecule has 2 aliphatic heterocycles. The molecule has 3 rings (SSSR count). The number of alkyl halides is 3. The number of rotatable bonds is 2. The zero-order valence-corrected chi connectivity index (χ0v) is 12.1. The van der Waals surface area contributed by atoms with Crippen molar-refractivity contribution in [2.75, 3.05) is 0 Å². The Labute approximate surface area is 120 Å². The zero-order valence-electron chi connectivity index (χ0n) is 11.3. The molecule has 4 nitrogen and oxygen atoms in total. The summed E-state index contributed by atoms with van der Waals surface area (Å²) in [7, 11) is -5.69. The maximum absolute atomic E-state index is 12.5. The first kappa shape index (κ1) is 14.6. The summed E-state index contributed by atoms with van der Waals surface area (Å²) < 4.78 is 70.1. The van der Waals surface area contributed by atoms with Crippen LogP contribution in [0.3, 0.4) is 0 Å². The molecule has 8 heteroatoms. The minimum atomic E-state index is -5.69. The molecule has 1 fully saturated rings. The van der Waals surface area contributed by atoms with Crippen molar-refractivity contribution in [3.8, 4) is 5.75 Å². The van der Waals surface area contributed by atoms with Crippen LogP contribution in [0, 0.1) is 0 Å². The average molecular weight is 322 g/mol. The van der Waals surface area contributed by atoms with Crippen LogP contribution in [0.4, 0.5) is 13.2 Å². The Morgan fingerprint density at radius 1 is 1.19 bits per heavy atom. The summed E-state index contributed by atoms with van der Waals surface area (Å²) in [4.78, 5) is 0. The van der Waals surface area contributed by atoms with Gasteiger partial charge in [-0.2, -0.15) is 21.6 Å². The van der Waals surface area contributed by atoms with Gasteiger partial charge in [0.25, 0.3) is 0 Å². The maximum Gasteiger partial charge on any atom is 0.534 e. The summed E-state index contributed by atoms with van der Waals surface area (Å²) in [6, 6.07) is 4.42. The first-order chi connectivity index (χ1) is 9.49. The van der Waals surface area contributed by atoms with Crippen molar-refractivity contribution < 1.29 is 30.5 Å². The summed E-state index contributed by atoms with van der Waals surface area (Å²) in [5, 5.41) is 0. The van der Waals surface area contributed by atoms with Crippen LogP contribution < -0.4 is 4.18 Å². The third-order valence-electron chi connectivity index (χ3n) is 4.14. The van der Waals surface area contributed by atoms with E-state index in [2.05, 4.69) is 4.18 Å². The smallest absolute Gasteiger partial charge is 0.376 e. The van der Waals surface area contributed by atoms with Crippen molar-refractivity contribution >= 4 is 10.1 Å². The minimum absolute atomic E-state index is 0.309. The monoisotopic (exact) mass is 322 g/mol. The molecular weight excluding hydrogens is 309 g/mol. The van der Waals surface area contributed by atoms with E-state index >= 15 is 0 Å². The molecule has 1 saturated heterocycles. The summed E-state index contributed by atoms with van der Waals surface area (Å²) in [6.45, 7) is 3.57. The van der Waals surface area contributed by atoms with Crippen LogP contribution in [0.25, 0.3) is 0 Å². The van der Waals surface area contributed by atoms with E-state index in [1.165, 1.54) is 12.1 Å². The molecule has 1 aromatic carbocycles. The van der Waals surface area contributed by atoms with Gasteiger partial charge in [0.05, 0.1) is 11.2 Å². The molecule has 21 heavy (non-hydrogen) atoms. The molecular formula is C13H13F3O4S. The molecule has 2 unspecified atom stereocenters. The Morgan fingerprint density at radius 2 is 1.81 bits per heavy atom. The van der Waals surface area contributed by atoms with Gasteiger partial charge in [-0.15, -0.1) is 0 Å². The Morgan fingerprint density at radius 3 is 2.43 bits per heavy atom. The van der Waals surface area contributed by atoms with Gasteiger partial charge < -0.3 is 8.92 Å². The van der Waals surface area contributed by atoms with Crippen molar-refractivity contribution in [2.24, 2.45) is 0 Å². The molecule has 0 amide bonds. The van der Waals surface area contributed by atoms with Gasteiger partial charge in [-0.3, -0.25) is 0 Å². The lowest BCUT2D eigenvalue weighted by atomic mass is 9.78. The number of ether oxygens (including phenoxy) is 1. The van der Waals surface area contributed by atoms with E-state index in [0.29, 0.717) is 17.5 Å². The normalized spacial score (nSPS) is 31.3. The van der Waals surface area contributed by atoms with Gasteiger partial charge in [-0.1, -0.05) is 12.1 Å². The van der Waals surface area contributed by atoms with Crippen molar-refractivity contribution in [1.29, 1.82) is 0 Å². The first-order valence-corrected chi connectivity index (χ1v) is 7.74. The molecule has 2 atom stereocenters. The highest BCUT2D eigenvalue weighted by Crippen LogP contribution is 2.60. The first-order valence-electron chi connectivity index (χ1n) is 6.33. The molecule has 0 saturated carbocycles. The van der Waals surface area contributed by atoms with E-state index in [9.17, 15) is 21.6 Å². The number of hydrogen-bond acceptors (Lipinski definition) is 4. The molecule has 2 aliphatic rings. The molecule has 2 heterocycles. The van der Waals surface area contributed by atoms with Gasteiger partial charge >= 0.3 is 15.6 Å². The van der Waals surface area contributed by atoms with E-state index < -0.39 is 26.8 Å². The molecule has 0 aromatic heterocycles. The number of halogens is 3. The van der Waals surface area contributed by atoms with Gasteiger partial charge in [0, 0.05) is 5.56 Å². The molecule has 0 radical (unpaired) electrons. The van der Waals surface area contributed by atoms with Crippen LogP contribution in [0.2, 0.25) is 0 Å². The third kappa shape index (κ3) is 1.96. The Hall–Kier alpha value is -1.28. The molecule has 1 aromatic rings. The molecule has 0 spiro atoms. The van der Waals surface area contributed by atoms with Crippen molar-refractivity contribution in [3.05, 3.63) is 29.3 Å². The number of hydrogen-bond donors (Lipinski definition) is 0. The summed E-state index contributed by atoms with van der Waals surface area (Å²) in [5.74, 6) is -0.309. The fraction of sp³-hybridized carbons (Fsp3) is 0.538. The van der Waals surface area contributed by atoms with E-state index in [4.69, 9.17) is 4.74 Å². The van der Waals surface area contributed by atoms with Crippen LogP contribution in [0.15, 0.2) is 18.2 Å². The average Bonchev–Trinajstić information content (AvgIpc) is 2.76. The third-order valence-corrected chi connectivity index (χ3v) is 5.10. The van der Waals surface area contributed by atoms with Gasteiger partial charge in [0.1, 0.15) is 5.75 Å². The highest BCUT2D eigenvalue weighted by Gasteiger charge is 2.57. The number of fused-ring (bicyclic) bond motifs is 5. The quantitative estimate of drug-likeness (QED) is 0.620. The van der Waals surface area contributed by atoms with E-state index in [1.807, 2.05) is 6.92 Å². The summed E-state index contributed by atoms with van der Waals surface area (Å²) in [6.07, 6.45) is 1.33. The molecule has 2 bridgehead atoms. The fourth-order valence-electron chi connectivity index (χ4n) is 3.19. The zero-order chi connectivity index (χ0) is 15.7. The van der Waals surface area contributed by atoms with Crippen molar-refractivity contribution in [2.45, 2.75) is 43.4 Å². The second-order valence-electron chi connectivity index (χ2n) is 5.73. The van der Waals surface area contributed by atoms with Crippen LogP contribution in [-0.4, -0.2) is 13.9 Å². The SMILES string of the molecule is CC12CCC(C)(O1)c1c(OS(=O)(=O)C(F)(F)F)cccc12. The Bertz CT molecular complexity index is 713. The fourth-order valence-corrected chi connectivity index (χ4v) is 3.66. The van der Waals surface area contributed by atoms with Gasteiger partial charge in [-0.25, -0.2) is 0 Å². The number of benzene rings is 1. The van der Waals surface area contributed by atoms with Gasteiger partial charge in [-0.05, 0) is 38.3 Å². The lowest BCUT2D eigenvalue weighted by molar-refractivity contribution is -0.0669. The topological polar surface area (TPSA) is 52.6 Å². The summed E-state index contributed by atoms with van der Waals surface area (Å²) >= 11 is 0. The Balaban J connectivity index is 2.11. The maximum atomic E-state index is 12.5. The lowest BCUT2D eigenvalue weighted by Crippen LogP contribution is -2.29. The van der Waals surface area contributed by atoms with Crippen LogP contribution in [-0.2, 0) is 26.1 Å². The Kier molecular flexibility index (Phi) is 2.73. The predicted octanol–water partition coefficient (Wildman–Crippen LogP) is 3.17. The second kappa shape index (κ2) is 3.92. The van der Waals surface area contributed by atoms with Crippen molar-refractivity contribution in [3.63, 3.8) is 0 Å². The standard InChI is InChI=1S/C13H13F3O4S/c1-11-6-7-12(2,20-11)10-8(11)4-3-5-9(10)19-21(17,18)13(14,15)16/h3-5H,6-7H2,1-2H3. The van der Waals surface area contributed by atoms with Crippen LogP contribution in [0.5, 0.6) is 5.75 Å². The van der Waals surface area contributed by atoms with Crippen LogP contribution in [0.1, 0.15) is 37.8 Å². The molecule has 116 valence electrons. The van der Waals surface area contributed by atoms with Crippen LogP contribution >= 0.6 is 0 Å². The van der Waals surface area contributed by atoms with Gasteiger partial charge in [0.2, 0.25) is 0 Å². The van der Waals surface area contributed by atoms with E-state index in [0.717, 1.165) is 6.42 Å². The predicted molar refractivity (Wildman–Crippen MR) is 67.1 cm³/mol. The van der Waals surface area contributed by atoms with E-state index in [-0.39, 0.29) is 5.75 Å². The lowest BCUT2D eigenvalue weighted by Gasteiger charge is -2.24.